The third-order valence-corrected chi connectivity index (χ3v) is 9.38. The lowest BCUT2D eigenvalue weighted by molar-refractivity contribution is 1.18. The SMILES string of the molecule is N#Cc1cc(C#N)c(-c2cccc(-n3c4ccccc4c4ccccc43)c2)c(-c2ccccc2-n2c3ccccc3c3ccccc32)c1. The lowest BCUT2D eigenvalue weighted by Crippen LogP contribution is -2.00. The fraction of sp³-hybridized carbons (Fsp3) is 0. The van der Waals surface area contributed by atoms with Crippen LogP contribution in [-0.2, 0) is 0 Å². The number of nitriles is 2. The van der Waals surface area contributed by atoms with E-state index in [2.05, 4.69) is 155 Å². The highest BCUT2D eigenvalue weighted by molar-refractivity contribution is 6.11. The smallest absolute Gasteiger partial charge is 0.0998 e. The first-order valence-electron chi connectivity index (χ1n) is 15.9. The van der Waals surface area contributed by atoms with Gasteiger partial charge in [-0.3, -0.25) is 0 Å². The van der Waals surface area contributed by atoms with Crippen molar-refractivity contribution in [2.45, 2.75) is 0 Å². The molecule has 0 aliphatic carbocycles. The number of para-hydroxylation sites is 5. The molecule has 48 heavy (non-hydrogen) atoms. The largest absolute Gasteiger partial charge is 0.309 e. The van der Waals surface area contributed by atoms with Gasteiger partial charge < -0.3 is 9.13 Å². The molecule has 0 saturated carbocycles. The van der Waals surface area contributed by atoms with E-state index < -0.39 is 0 Å². The molecule has 0 bridgehead atoms. The van der Waals surface area contributed by atoms with Crippen LogP contribution in [0.5, 0.6) is 0 Å². The van der Waals surface area contributed by atoms with Crippen LogP contribution < -0.4 is 0 Å². The summed E-state index contributed by atoms with van der Waals surface area (Å²) in [5.74, 6) is 0. The van der Waals surface area contributed by atoms with E-state index in [0.717, 1.165) is 55.7 Å². The zero-order valence-electron chi connectivity index (χ0n) is 25.8. The number of benzene rings is 7. The molecule has 0 unspecified atom stereocenters. The molecule has 9 rings (SSSR count). The molecule has 2 aromatic heterocycles. The minimum Gasteiger partial charge on any atom is -0.309 e. The first-order valence-corrected chi connectivity index (χ1v) is 15.9. The molecule has 0 fully saturated rings. The van der Waals surface area contributed by atoms with Crippen molar-refractivity contribution in [1.82, 2.24) is 9.13 Å². The van der Waals surface area contributed by atoms with E-state index in [4.69, 9.17) is 0 Å². The predicted molar refractivity (Wildman–Crippen MR) is 195 cm³/mol. The first kappa shape index (κ1) is 27.4. The summed E-state index contributed by atoms with van der Waals surface area (Å²) in [6, 6.07) is 58.9. The van der Waals surface area contributed by atoms with Gasteiger partial charge in [0.05, 0.1) is 51.0 Å². The van der Waals surface area contributed by atoms with Gasteiger partial charge in [0.1, 0.15) is 0 Å². The van der Waals surface area contributed by atoms with Gasteiger partial charge in [0, 0.05) is 38.4 Å². The van der Waals surface area contributed by atoms with E-state index >= 15 is 0 Å². The van der Waals surface area contributed by atoms with Crippen LogP contribution in [-0.4, -0.2) is 9.13 Å². The number of nitrogens with zero attached hydrogens (tertiary/aromatic N) is 4. The normalized spacial score (nSPS) is 11.3. The Morgan fingerprint density at radius 2 is 0.938 bits per heavy atom. The second kappa shape index (κ2) is 10.9. The number of fused-ring (bicyclic) bond motifs is 6. The van der Waals surface area contributed by atoms with Crippen LogP contribution in [0.25, 0.3) is 77.2 Å². The van der Waals surface area contributed by atoms with Crippen LogP contribution >= 0.6 is 0 Å². The van der Waals surface area contributed by atoms with Crippen molar-refractivity contribution < 1.29 is 0 Å². The van der Waals surface area contributed by atoms with E-state index in [9.17, 15) is 10.5 Å². The number of aromatic nitrogens is 2. The lowest BCUT2D eigenvalue weighted by Gasteiger charge is -2.19. The Labute approximate surface area is 277 Å². The molecule has 0 aliphatic heterocycles. The topological polar surface area (TPSA) is 57.4 Å². The van der Waals surface area contributed by atoms with E-state index in [0.29, 0.717) is 11.1 Å². The van der Waals surface area contributed by atoms with E-state index in [1.807, 2.05) is 18.2 Å². The third kappa shape index (κ3) is 4.07. The van der Waals surface area contributed by atoms with Crippen molar-refractivity contribution in [3.63, 3.8) is 0 Å². The van der Waals surface area contributed by atoms with Crippen molar-refractivity contribution in [2.24, 2.45) is 0 Å². The second-order valence-corrected chi connectivity index (χ2v) is 12.0. The summed E-state index contributed by atoms with van der Waals surface area (Å²) in [5.41, 5.74) is 10.8. The molecular formula is C44H26N4. The average Bonchev–Trinajstić information content (AvgIpc) is 3.67. The van der Waals surface area contributed by atoms with Crippen LogP contribution in [0, 0.1) is 22.7 Å². The predicted octanol–water partition coefficient (Wildman–Crippen LogP) is 11.0. The number of hydrogen-bond acceptors (Lipinski definition) is 2. The van der Waals surface area contributed by atoms with E-state index in [1.54, 1.807) is 6.07 Å². The van der Waals surface area contributed by atoms with Crippen molar-refractivity contribution >= 4 is 43.6 Å². The van der Waals surface area contributed by atoms with E-state index in [-0.39, 0.29) is 0 Å². The van der Waals surface area contributed by atoms with Crippen LogP contribution in [0.15, 0.2) is 158 Å². The van der Waals surface area contributed by atoms with Crippen LogP contribution in [0.1, 0.15) is 11.1 Å². The zero-order chi connectivity index (χ0) is 32.2. The Bertz CT molecular complexity index is 2710. The molecule has 2 heterocycles. The standard InChI is InChI=1S/C44H26N4/c45-27-29-24-31(28-46)44(30-12-11-13-32(26-30)47-39-19-6-1-14-33(39)34-15-2-7-20-40(34)47)38(25-29)37-18-5-10-23-43(37)48-41-21-8-3-16-35(41)36-17-4-9-22-42(36)48/h1-26H. The van der Waals surface area contributed by atoms with Crippen LogP contribution in [0.4, 0.5) is 0 Å². The molecule has 0 N–H and O–H groups in total. The van der Waals surface area contributed by atoms with Gasteiger partial charge in [-0.25, -0.2) is 0 Å². The minimum atomic E-state index is 0.445. The summed E-state index contributed by atoms with van der Waals surface area (Å²) in [4.78, 5) is 0. The van der Waals surface area contributed by atoms with Crippen molar-refractivity contribution in [2.75, 3.05) is 0 Å². The van der Waals surface area contributed by atoms with Crippen molar-refractivity contribution in [3.8, 4) is 45.8 Å². The van der Waals surface area contributed by atoms with Gasteiger partial charge in [0.15, 0.2) is 0 Å². The maximum atomic E-state index is 10.6. The molecular weight excluding hydrogens is 585 g/mol. The summed E-state index contributed by atoms with van der Waals surface area (Å²) in [6.07, 6.45) is 0. The Morgan fingerprint density at radius 3 is 1.50 bits per heavy atom. The van der Waals surface area contributed by atoms with Gasteiger partial charge in [-0.15, -0.1) is 0 Å². The van der Waals surface area contributed by atoms with Gasteiger partial charge in [-0.05, 0) is 65.7 Å². The average molecular weight is 611 g/mol. The highest BCUT2D eigenvalue weighted by atomic mass is 15.0. The molecule has 9 aromatic rings. The minimum absolute atomic E-state index is 0.445. The summed E-state index contributed by atoms with van der Waals surface area (Å²) >= 11 is 0. The quantitative estimate of drug-likeness (QED) is 0.199. The summed E-state index contributed by atoms with van der Waals surface area (Å²) < 4.78 is 4.58. The van der Waals surface area contributed by atoms with Crippen LogP contribution in [0.2, 0.25) is 0 Å². The number of rotatable bonds is 4. The molecule has 0 saturated heterocycles. The monoisotopic (exact) mass is 610 g/mol. The Kier molecular flexibility index (Phi) is 6.22. The highest BCUT2D eigenvalue weighted by Gasteiger charge is 2.21. The van der Waals surface area contributed by atoms with Gasteiger partial charge in [0.2, 0.25) is 0 Å². The second-order valence-electron chi connectivity index (χ2n) is 12.0. The molecule has 0 spiro atoms. The van der Waals surface area contributed by atoms with Gasteiger partial charge >= 0.3 is 0 Å². The lowest BCUT2D eigenvalue weighted by atomic mass is 9.88. The number of hydrogen-bond donors (Lipinski definition) is 0. The fourth-order valence-corrected chi connectivity index (χ4v) is 7.40. The summed E-state index contributed by atoms with van der Waals surface area (Å²) in [5, 5.41) is 25.4. The first-order chi connectivity index (χ1) is 23.7. The maximum Gasteiger partial charge on any atom is 0.0998 e. The molecule has 4 heteroatoms. The van der Waals surface area contributed by atoms with Gasteiger partial charge in [-0.1, -0.05) is 103 Å². The molecule has 222 valence electrons. The Hall–Kier alpha value is -6.88. The van der Waals surface area contributed by atoms with Crippen molar-refractivity contribution in [1.29, 1.82) is 10.5 Å². The van der Waals surface area contributed by atoms with E-state index in [1.165, 1.54) is 21.5 Å². The molecule has 0 amide bonds. The zero-order valence-corrected chi connectivity index (χ0v) is 25.8. The van der Waals surface area contributed by atoms with Crippen LogP contribution in [0.3, 0.4) is 0 Å². The Balaban J connectivity index is 1.33. The highest BCUT2D eigenvalue weighted by Crippen LogP contribution is 2.42. The third-order valence-electron chi connectivity index (χ3n) is 9.38. The van der Waals surface area contributed by atoms with Crippen molar-refractivity contribution in [3.05, 3.63) is 169 Å². The summed E-state index contributed by atoms with van der Waals surface area (Å²) in [6.45, 7) is 0. The molecule has 0 atom stereocenters. The fourth-order valence-electron chi connectivity index (χ4n) is 7.40. The Morgan fingerprint density at radius 1 is 0.417 bits per heavy atom. The molecule has 0 aliphatic rings. The molecule has 4 nitrogen and oxygen atoms in total. The van der Waals surface area contributed by atoms with Gasteiger partial charge in [-0.2, -0.15) is 10.5 Å². The summed E-state index contributed by atoms with van der Waals surface area (Å²) in [7, 11) is 0. The van der Waals surface area contributed by atoms with Gasteiger partial charge in [0.25, 0.3) is 0 Å². The molecule has 0 radical (unpaired) electrons. The maximum absolute atomic E-state index is 10.6. The molecule has 7 aromatic carbocycles.